The van der Waals surface area contributed by atoms with Gasteiger partial charge in [0.05, 0.1) is 18.7 Å². The molecule has 1 aromatic carbocycles. The monoisotopic (exact) mass is 368 g/mol. The number of hydrogen-bond donors (Lipinski definition) is 2. The van der Waals surface area contributed by atoms with Crippen molar-refractivity contribution in [2.75, 3.05) is 6.54 Å². The molecule has 0 unspecified atom stereocenters. The number of primary amides is 1. The SMILES string of the molecule is NC(=O)c1cnc([C@H]2CCCCN2C(=O)Cc2c[nH]c3ccccc23)s1. The largest absolute Gasteiger partial charge is 0.365 e. The standard InChI is InChI=1S/C19H20N4O2S/c20-18(25)16-11-22-19(26-16)15-7-3-4-8-23(15)17(24)9-12-10-21-14-6-2-1-5-13(12)14/h1-2,5-6,10-11,15,21H,3-4,7-9H2,(H2,20,25)/t15-/m1/s1. The van der Waals surface area contributed by atoms with Gasteiger partial charge < -0.3 is 15.6 Å². The summed E-state index contributed by atoms with van der Waals surface area (Å²) in [5, 5.41) is 1.88. The highest BCUT2D eigenvalue weighted by Gasteiger charge is 2.30. The summed E-state index contributed by atoms with van der Waals surface area (Å²) in [5.41, 5.74) is 7.39. The number of nitrogens with two attached hydrogens (primary N) is 1. The fourth-order valence-corrected chi connectivity index (χ4v) is 4.50. The zero-order valence-electron chi connectivity index (χ0n) is 14.3. The van der Waals surface area contributed by atoms with E-state index in [-0.39, 0.29) is 11.9 Å². The quantitative estimate of drug-likeness (QED) is 0.741. The molecule has 6 nitrogen and oxygen atoms in total. The lowest BCUT2D eigenvalue weighted by Gasteiger charge is -2.34. The second-order valence-electron chi connectivity index (χ2n) is 6.56. The summed E-state index contributed by atoms with van der Waals surface area (Å²) in [6.07, 6.45) is 6.69. The number of nitrogens with zero attached hydrogens (tertiary/aromatic N) is 2. The van der Waals surface area contributed by atoms with E-state index in [0.29, 0.717) is 11.3 Å². The Labute approximate surface area is 155 Å². The number of rotatable bonds is 4. The molecule has 1 fully saturated rings. The summed E-state index contributed by atoms with van der Waals surface area (Å²) < 4.78 is 0. The maximum absolute atomic E-state index is 13.0. The van der Waals surface area contributed by atoms with E-state index in [1.54, 1.807) is 0 Å². The van der Waals surface area contributed by atoms with E-state index >= 15 is 0 Å². The first kappa shape index (κ1) is 16.8. The Hall–Kier alpha value is -2.67. The number of aromatic amines is 1. The molecule has 3 N–H and O–H groups in total. The number of H-pyrrole nitrogens is 1. The lowest BCUT2D eigenvalue weighted by Crippen LogP contribution is -2.39. The van der Waals surface area contributed by atoms with Crippen LogP contribution in [0.5, 0.6) is 0 Å². The van der Waals surface area contributed by atoms with Crippen LogP contribution in [0.15, 0.2) is 36.7 Å². The van der Waals surface area contributed by atoms with Crippen molar-refractivity contribution in [1.29, 1.82) is 0 Å². The Balaban J connectivity index is 1.57. The topological polar surface area (TPSA) is 92.1 Å². The molecule has 7 heteroatoms. The molecular weight excluding hydrogens is 348 g/mol. The smallest absolute Gasteiger partial charge is 0.260 e. The summed E-state index contributed by atoms with van der Waals surface area (Å²) in [6.45, 7) is 0.720. The van der Waals surface area contributed by atoms with E-state index in [0.717, 1.165) is 47.3 Å². The van der Waals surface area contributed by atoms with Crippen molar-refractivity contribution < 1.29 is 9.59 Å². The van der Waals surface area contributed by atoms with Gasteiger partial charge in [0.2, 0.25) is 5.91 Å². The first-order chi connectivity index (χ1) is 12.6. The first-order valence-corrected chi connectivity index (χ1v) is 9.55. The molecule has 0 bridgehead atoms. The van der Waals surface area contributed by atoms with Crippen LogP contribution < -0.4 is 5.73 Å². The van der Waals surface area contributed by atoms with Gasteiger partial charge in [-0.25, -0.2) is 4.98 Å². The minimum absolute atomic E-state index is 0.0699. The summed E-state index contributed by atoms with van der Waals surface area (Å²) in [5.74, 6) is -0.378. The molecule has 0 saturated carbocycles. The van der Waals surface area contributed by atoms with Gasteiger partial charge in [0.15, 0.2) is 0 Å². The van der Waals surface area contributed by atoms with E-state index in [1.165, 1.54) is 17.5 Å². The molecule has 4 rings (SSSR count). The van der Waals surface area contributed by atoms with Crippen LogP contribution >= 0.6 is 11.3 Å². The van der Waals surface area contributed by atoms with Crippen molar-refractivity contribution >= 4 is 34.1 Å². The molecule has 0 spiro atoms. The number of carbonyl (C=O) groups excluding carboxylic acids is 2. The number of hydrogen-bond acceptors (Lipinski definition) is 4. The average molecular weight is 368 g/mol. The maximum atomic E-state index is 13.0. The van der Waals surface area contributed by atoms with Crippen molar-refractivity contribution in [3.8, 4) is 0 Å². The maximum Gasteiger partial charge on any atom is 0.260 e. The molecule has 3 heterocycles. The third-order valence-electron chi connectivity index (χ3n) is 4.89. The molecule has 2 amide bonds. The molecule has 134 valence electrons. The molecular formula is C19H20N4O2S. The Morgan fingerprint density at radius 3 is 2.96 bits per heavy atom. The molecule has 1 aliphatic rings. The first-order valence-electron chi connectivity index (χ1n) is 8.73. The zero-order valence-corrected chi connectivity index (χ0v) is 15.1. The van der Waals surface area contributed by atoms with Crippen LogP contribution in [0.1, 0.15) is 45.5 Å². The lowest BCUT2D eigenvalue weighted by molar-refractivity contribution is -0.134. The lowest BCUT2D eigenvalue weighted by atomic mass is 10.0. The molecule has 0 radical (unpaired) electrons. The molecule has 1 aliphatic heterocycles. The predicted octanol–water partition coefficient (Wildman–Crippen LogP) is 3.02. The molecule has 3 aromatic rings. The van der Waals surface area contributed by atoms with Crippen molar-refractivity contribution in [2.45, 2.75) is 31.7 Å². The van der Waals surface area contributed by atoms with Crippen molar-refractivity contribution in [3.05, 3.63) is 52.1 Å². The van der Waals surface area contributed by atoms with Gasteiger partial charge in [-0.15, -0.1) is 11.3 Å². The second kappa shape index (κ2) is 6.92. The molecule has 0 aliphatic carbocycles. The average Bonchev–Trinajstić information content (AvgIpc) is 3.30. The van der Waals surface area contributed by atoms with Crippen LogP contribution in [-0.4, -0.2) is 33.2 Å². The summed E-state index contributed by atoms with van der Waals surface area (Å²) in [4.78, 5) is 34.3. The van der Waals surface area contributed by atoms with Crippen LogP contribution in [0.3, 0.4) is 0 Å². The Morgan fingerprint density at radius 1 is 1.31 bits per heavy atom. The van der Waals surface area contributed by atoms with E-state index < -0.39 is 5.91 Å². The fourth-order valence-electron chi connectivity index (χ4n) is 3.58. The number of thiazole rings is 1. The van der Waals surface area contributed by atoms with Crippen LogP contribution in [-0.2, 0) is 11.2 Å². The minimum Gasteiger partial charge on any atom is -0.365 e. The van der Waals surface area contributed by atoms with Gasteiger partial charge >= 0.3 is 0 Å². The van der Waals surface area contributed by atoms with E-state index in [1.807, 2.05) is 35.4 Å². The van der Waals surface area contributed by atoms with Crippen LogP contribution in [0, 0.1) is 0 Å². The fraction of sp³-hybridized carbons (Fsp3) is 0.316. The number of benzene rings is 1. The van der Waals surface area contributed by atoms with Gasteiger partial charge in [0, 0.05) is 23.6 Å². The Bertz CT molecular complexity index is 961. The van der Waals surface area contributed by atoms with Gasteiger partial charge in [-0.05, 0) is 30.9 Å². The number of carbonyl (C=O) groups is 2. The van der Waals surface area contributed by atoms with Gasteiger partial charge in [-0.2, -0.15) is 0 Å². The number of piperidine rings is 1. The van der Waals surface area contributed by atoms with Gasteiger partial charge in [0.1, 0.15) is 9.88 Å². The molecule has 2 aromatic heterocycles. The van der Waals surface area contributed by atoms with Crippen molar-refractivity contribution in [1.82, 2.24) is 14.9 Å². The van der Waals surface area contributed by atoms with Crippen molar-refractivity contribution in [2.24, 2.45) is 5.73 Å². The van der Waals surface area contributed by atoms with Gasteiger partial charge in [0.25, 0.3) is 5.91 Å². The molecule has 1 saturated heterocycles. The number of likely N-dealkylation sites (tertiary alicyclic amines) is 1. The predicted molar refractivity (Wildman–Crippen MR) is 101 cm³/mol. The number of fused-ring (bicyclic) bond motifs is 1. The second-order valence-corrected chi connectivity index (χ2v) is 7.62. The number of amides is 2. The number of para-hydroxylation sites is 1. The van der Waals surface area contributed by atoms with Gasteiger partial charge in [-0.3, -0.25) is 9.59 Å². The normalized spacial score (nSPS) is 17.5. The number of nitrogens with one attached hydrogen (secondary N) is 1. The van der Waals surface area contributed by atoms with Crippen LogP contribution in [0.4, 0.5) is 0 Å². The van der Waals surface area contributed by atoms with E-state index in [2.05, 4.69) is 9.97 Å². The van der Waals surface area contributed by atoms with E-state index in [4.69, 9.17) is 5.73 Å². The van der Waals surface area contributed by atoms with Crippen LogP contribution in [0.25, 0.3) is 10.9 Å². The third-order valence-corrected chi connectivity index (χ3v) is 6.00. The highest BCUT2D eigenvalue weighted by molar-refractivity contribution is 7.13. The summed E-state index contributed by atoms with van der Waals surface area (Å²) >= 11 is 1.29. The molecule has 1 atom stereocenters. The number of aromatic nitrogens is 2. The van der Waals surface area contributed by atoms with Gasteiger partial charge in [-0.1, -0.05) is 18.2 Å². The summed E-state index contributed by atoms with van der Waals surface area (Å²) in [6, 6.07) is 7.92. The van der Waals surface area contributed by atoms with E-state index in [9.17, 15) is 9.59 Å². The highest BCUT2D eigenvalue weighted by atomic mass is 32.1. The molecule has 26 heavy (non-hydrogen) atoms. The third kappa shape index (κ3) is 3.10. The Kier molecular flexibility index (Phi) is 4.46. The summed E-state index contributed by atoms with van der Waals surface area (Å²) in [7, 11) is 0. The van der Waals surface area contributed by atoms with Crippen LogP contribution in [0.2, 0.25) is 0 Å². The Morgan fingerprint density at radius 2 is 2.15 bits per heavy atom. The minimum atomic E-state index is -0.471. The van der Waals surface area contributed by atoms with Crippen molar-refractivity contribution in [3.63, 3.8) is 0 Å². The highest BCUT2D eigenvalue weighted by Crippen LogP contribution is 2.34. The zero-order chi connectivity index (χ0) is 18.1.